The molecule has 0 unspecified atom stereocenters. The Kier molecular flexibility index (Phi) is 12.6. The van der Waals surface area contributed by atoms with Crippen LogP contribution < -0.4 is 17.1 Å². The molecule has 6 N–H and O–H groups in total. The number of aryl methyl sites for hydroxylation is 1. The number of carbonyl (C=O) groups is 2. The number of carboxylic acids is 1. The van der Waals surface area contributed by atoms with Crippen LogP contribution in [0.3, 0.4) is 0 Å². The maximum Gasteiger partial charge on any atom is 0.323 e. The molecule has 0 spiro atoms. The molecular formula is C30H40N6O3. The van der Waals surface area contributed by atoms with Crippen molar-refractivity contribution in [2.45, 2.75) is 59.9 Å². The Balaban J connectivity index is 0.00000170. The summed E-state index contributed by atoms with van der Waals surface area (Å²) in [6.45, 7) is 8.07. The summed E-state index contributed by atoms with van der Waals surface area (Å²) in [7, 11) is 0. The average Bonchev–Trinajstić information content (AvgIpc) is 2.92. The number of aromatic nitrogens is 1. The summed E-state index contributed by atoms with van der Waals surface area (Å²) in [5.74, 6) is 4.38. The van der Waals surface area contributed by atoms with E-state index in [0.717, 1.165) is 46.5 Å². The maximum atomic E-state index is 12.5. The summed E-state index contributed by atoms with van der Waals surface area (Å²) >= 11 is 0. The van der Waals surface area contributed by atoms with Gasteiger partial charge in [0.2, 0.25) is 5.91 Å². The first-order chi connectivity index (χ1) is 18.7. The van der Waals surface area contributed by atoms with Gasteiger partial charge in [-0.15, -0.1) is 5.10 Å². The third-order valence-electron chi connectivity index (χ3n) is 5.73. The Hall–Kier alpha value is -4.24. The van der Waals surface area contributed by atoms with Gasteiger partial charge in [-0.2, -0.15) is 0 Å². The molecule has 0 fully saturated rings. The van der Waals surface area contributed by atoms with Gasteiger partial charge in [0, 0.05) is 29.8 Å². The van der Waals surface area contributed by atoms with Crippen LogP contribution in [0.5, 0.6) is 0 Å². The van der Waals surface area contributed by atoms with Gasteiger partial charge in [-0.05, 0) is 54.3 Å². The number of benzene rings is 2. The largest absolute Gasteiger partial charge is 0.480 e. The van der Waals surface area contributed by atoms with Gasteiger partial charge in [0.1, 0.15) is 6.54 Å². The Morgan fingerprint density at radius 1 is 1.03 bits per heavy atom. The van der Waals surface area contributed by atoms with Crippen LogP contribution >= 0.6 is 0 Å². The van der Waals surface area contributed by atoms with Crippen molar-refractivity contribution < 1.29 is 14.7 Å². The quantitative estimate of drug-likeness (QED) is 0.120. The molecule has 0 aliphatic rings. The fraction of sp³-hybridized carbons (Fsp3) is 0.333. The van der Waals surface area contributed by atoms with E-state index < -0.39 is 5.97 Å². The second kappa shape index (κ2) is 15.9. The van der Waals surface area contributed by atoms with Crippen molar-refractivity contribution in [3.63, 3.8) is 0 Å². The number of hydrogen-bond acceptors (Lipinski definition) is 6. The number of rotatable bonds is 11. The van der Waals surface area contributed by atoms with Gasteiger partial charge in [-0.25, -0.2) is 11.4 Å². The number of aliphatic carboxylic acids is 1. The summed E-state index contributed by atoms with van der Waals surface area (Å²) in [6, 6.07) is 19.2. The lowest BCUT2D eigenvalue weighted by molar-refractivity contribution is -0.144. The molecule has 0 saturated heterocycles. The van der Waals surface area contributed by atoms with Gasteiger partial charge >= 0.3 is 5.97 Å². The monoisotopic (exact) mass is 532 g/mol. The molecular weight excluding hydrogens is 492 g/mol. The first kappa shape index (κ1) is 31.0. The zero-order valence-electron chi connectivity index (χ0n) is 23.3. The molecule has 0 radical (unpaired) electrons. The Labute approximate surface area is 230 Å². The fourth-order valence-electron chi connectivity index (χ4n) is 3.89. The lowest BCUT2D eigenvalue weighted by Gasteiger charge is -2.21. The van der Waals surface area contributed by atoms with Crippen molar-refractivity contribution in [3.8, 4) is 22.4 Å². The molecule has 39 heavy (non-hydrogen) atoms. The number of hydrazine groups is 1. The van der Waals surface area contributed by atoms with Crippen LogP contribution in [0.2, 0.25) is 0 Å². The van der Waals surface area contributed by atoms with E-state index in [9.17, 15) is 14.7 Å². The molecule has 0 bridgehead atoms. The van der Waals surface area contributed by atoms with Crippen LogP contribution in [-0.2, 0) is 16.1 Å². The molecule has 208 valence electrons. The molecule has 3 rings (SSSR count). The molecule has 0 saturated carbocycles. The second-order valence-electron chi connectivity index (χ2n) is 9.20. The lowest BCUT2D eigenvalue weighted by atomic mass is 9.94. The maximum absolute atomic E-state index is 12.5. The minimum absolute atomic E-state index is 0.165. The molecule has 0 atom stereocenters. The summed E-state index contributed by atoms with van der Waals surface area (Å²) in [5.41, 5.74) is 14.3. The van der Waals surface area contributed by atoms with Crippen molar-refractivity contribution in [2.75, 3.05) is 6.54 Å². The molecule has 1 aromatic heterocycles. The summed E-state index contributed by atoms with van der Waals surface area (Å²) < 4.78 is 0. The molecule has 3 aromatic rings. The number of nitrogens with two attached hydrogens (primary N) is 2. The van der Waals surface area contributed by atoms with Gasteiger partial charge in [0.15, 0.2) is 5.84 Å². The minimum atomic E-state index is -1.04. The van der Waals surface area contributed by atoms with E-state index in [0.29, 0.717) is 12.0 Å². The van der Waals surface area contributed by atoms with E-state index in [1.54, 1.807) is 0 Å². The van der Waals surface area contributed by atoms with Crippen LogP contribution in [0.4, 0.5) is 0 Å². The smallest absolute Gasteiger partial charge is 0.323 e. The number of hydrazone groups is 1. The van der Waals surface area contributed by atoms with Crippen molar-refractivity contribution in [1.29, 1.82) is 0 Å². The lowest BCUT2D eigenvalue weighted by Crippen LogP contribution is -2.35. The van der Waals surface area contributed by atoms with Crippen LogP contribution in [0.15, 0.2) is 65.8 Å². The van der Waals surface area contributed by atoms with E-state index >= 15 is 0 Å². The number of pyridine rings is 1. The van der Waals surface area contributed by atoms with Crippen molar-refractivity contribution in [3.05, 3.63) is 77.5 Å². The second-order valence-corrected chi connectivity index (χ2v) is 9.20. The van der Waals surface area contributed by atoms with E-state index in [1.165, 1.54) is 11.3 Å². The SMILES string of the molecule is CCC.CCCCC(=O)N(CC(=O)O)Cc1ccc(-c2cc(-c3cccc(C)n3)ccc2/C(N)=N/NN)cc1. The molecule has 0 aliphatic carbocycles. The Morgan fingerprint density at radius 3 is 2.28 bits per heavy atom. The van der Waals surface area contributed by atoms with Gasteiger partial charge in [-0.3, -0.25) is 14.6 Å². The van der Waals surface area contributed by atoms with Crippen molar-refractivity contribution in [2.24, 2.45) is 16.7 Å². The predicted octanol–water partition coefficient (Wildman–Crippen LogP) is 4.83. The van der Waals surface area contributed by atoms with Crippen LogP contribution in [-0.4, -0.2) is 39.2 Å². The van der Waals surface area contributed by atoms with E-state index in [2.05, 4.69) is 29.5 Å². The average molecular weight is 533 g/mol. The van der Waals surface area contributed by atoms with Gasteiger partial charge in [0.25, 0.3) is 0 Å². The van der Waals surface area contributed by atoms with E-state index in [1.807, 2.05) is 74.5 Å². The van der Waals surface area contributed by atoms with E-state index in [4.69, 9.17) is 11.6 Å². The standard InChI is InChI=1S/C27H32N6O3.C3H8/c1-3-4-8-25(34)33(17-26(35)36)16-19-9-11-20(12-10-19)23-15-21(24-7-5-6-18(2)30-24)13-14-22(23)27(28)31-32-29;1-3-2/h5-7,9-15,32H,3-4,8,16-17,29H2,1-2H3,(H2,28,31)(H,35,36);3H2,1-2H3. The van der Waals surface area contributed by atoms with Crippen LogP contribution in [0.1, 0.15) is 63.3 Å². The van der Waals surface area contributed by atoms with Gasteiger partial charge < -0.3 is 15.7 Å². The number of hydrogen-bond donors (Lipinski definition) is 4. The first-order valence-electron chi connectivity index (χ1n) is 13.2. The number of carboxylic acid groups (broad SMARTS) is 1. The van der Waals surface area contributed by atoms with Gasteiger partial charge in [-0.1, -0.05) is 70.0 Å². The van der Waals surface area contributed by atoms with Crippen molar-refractivity contribution >= 4 is 17.7 Å². The summed E-state index contributed by atoms with van der Waals surface area (Å²) in [5, 5.41) is 13.2. The molecule has 2 aromatic carbocycles. The highest BCUT2D eigenvalue weighted by molar-refractivity contribution is 6.04. The highest BCUT2D eigenvalue weighted by Gasteiger charge is 2.17. The number of unbranched alkanes of at least 4 members (excludes halogenated alkanes) is 1. The Morgan fingerprint density at radius 2 is 1.69 bits per heavy atom. The Bertz CT molecular complexity index is 1260. The topological polar surface area (TPSA) is 147 Å². The minimum Gasteiger partial charge on any atom is -0.480 e. The number of amides is 1. The summed E-state index contributed by atoms with van der Waals surface area (Å²) in [4.78, 5) is 29.8. The van der Waals surface area contributed by atoms with Gasteiger partial charge in [0.05, 0.1) is 5.69 Å². The highest BCUT2D eigenvalue weighted by Crippen LogP contribution is 2.30. The first-order valence-corrected chi connectivity index (χ1v) is 13.2. The predicted molar refractivity (Wildman–Crippen MR) is 156 cm³/mol. The third kappa shape index (κ3) is 9.54. The third-order valence-corrected chi connectivity index (χ3v) is 5.73. The van der Waals surface area contributed by atoms with Crippen molar-refractivity contribution in [1.82, 2.24) is 15.4 Å². The van der Waals surface area contributed by atoms with Crippen LogP contribution in [0, 0.1) is 6.92 Å². The normalized spacial score (nSPS) is 10.8. The number of nitrogens with zero attached hydrogens (tertiary/aromatic N) is 3. The zero-order chi connectivity index (χ0) is 28.8. The highest BCUT2D eigenvalue weighted by atomic mass is 16.4. The van der Waals surface area contributed by atoms with E-state index in [-0.39, 0.29) is 24.8 Å². The van der Waals surface area contributed by atoms with Crippen LogP contribution in [0.25, 0.3) is 22.4 Å². The summed E-state index contributed by atoms with van der Waals surface area (Å²) in [6.07, 6.45) is 3.18. The molecule has 0 aliphatic heterocycles. The zero-order valence-corrected chi connectivity index (χ0v) is 23.3. The number of carbonyl (C=O) groups excluding carboxylic acids is 1. The molecule has 1 heterocycles. The fourth-order valence-corrected chi connectivity index (χ4v) is 3.89. The molecule has 9 heteroatoms. The number of amidine groups is 1. The molecule has 1 amide bonds. The number of nitrogens with one attached hydrogen (secondary N) is 1. The molecule has 9 nitrogen and oxygen atoms in total.